The quantitative estimate of drug-likeness (QED) is 0.427. The molecule has 0 aliphatic carbocycles. The van der Waals surface area contributed by atoms with Gasteiger partial charge in [-0.05, 0) is 0 Å². The summed E-state index contributed by atoms with van der Waals surface area (Å²) in [7, 11) is 0. The SMILES string of the molecule is NC1CN([O-])ON1[O-]. The topological polar surface area (TPSA) is 87.8 Å². The van der Waals surface area contributed by atoms with Crippen LogP contribution in [0, 0.1) is 10.4 Å². The second-order valence-electron chi connectivity index (χ2n) is 1.45. The highest BCUT2D eigenvalue weighted by Gasteiger charge is 2.14. The Labute approximate surface area is 45.5 Å². The normalized spacial score (nSPS) is 34.1. The summed E-state index contributed by atoms with van der Waals surface area (Å²) in [6, 6.07) is 0. The lowest BCUT2D eigenvalue weighted by atomic mass is 10.6. The van der Waals surface area contributed by atoms with Crippen LogP contribution in [0.15, 0.2) is 0 Å². The maximum Gasteiger partial charge on any atom is 0.0845 e. The first kappa shape index (κ1) is 5.89. The summed E-state index contributed by atoms with van der Waals surface area (Å²) in [6.45, 7) is -0.0938. The minimum atomic E-state index is -0.840. The number of rotatable bonds is 0. The van der Waals surface area contributed by atoms with Gasteiger partial charge >= 0.3 is 0 Å². The molecule has 1 aliphatic rings. The van der Waals surface area contributed by atoms with Crippen LogP contribution < -0.4 is 5.73 Å². The lowest BCUT2D eigenvalue weighted by Crippen LogP contribution is -2.33. The minimum Gasteiger partial charge on any atom is -0.761 e. The first-order valence-corrected chi connectivity index (χ1v) is 2.05. The van der Waals surface area contributed by atoms with E-state index in [4.69, 9.17) is 5.73 Å². The second kappa shape index (κ2) is 1.94. The van der Waals surface area contributed by atoms with Gasteiger partial charge < -0.3 is 16.1 Å². The Morgan fingerprint density at radius 1 is 1.62 bits per heavy atom. The number of nitrogens with two attached hydrogens (primary N) is 1. The van der Waals surface area contributed by atoms with Crippen molar-refractivity contribution in [2.24, 2.45) is 5.73 Å². The van der Waals surface area contributed by atoms with Crippen LogP contribution >= 0.6 is 0 Å². The van der Waals surface area contributed by atoms with Gasteiger partial charge in [-0.2, -0.15) is 0 Å². The molecule has 1 fully saturated rings. The molecule has 0 bridgehead atoms. The van der Waals surface area contributed by atoms with E-state index in [9.17, 15) is 10.4 Å². The van der Waals surface area contributed by atoms with E-state index < -0.39 is 6.17 Å². The van der Waals surface area contributed by atoms with Crippen LogP contribution in [0.1, 0.15) is 0 Å². The molecule has 6 nitrogen and oxygen atoms in total. The van der Waals surface area contributed by atoms with Crippen LogP contribution in [0.3, 0.4) is 0 Å². The van der Waals surface area contributed by atoms with Crippen LogP contribution in [-0.2, 0) is 4.94 Å². The van der Waals surface area contributed by atoms with E-state index in [0.717, 1.165) is 0 Å². The smallest absolute Gasteiger partial charge is 0.0845 e. The van der Waals surface area contributed by atoms with Crippen molar-refractivity contribution >= 4 is 0 Å². The summed E-state index contributed by atoms with van der Waals surface area (Å²) in [5.74, 6) is 0. The number of hydroxylamine groups is 4. The zero-order valence-electron chi connectivity index (χ0n) is 3.98. The average Bonchev–Trinajstić information content (AvgIpc) is 1.85. The van der Waals surface area contributed by atoms with Crippen LogP contribution in [-0.4, -0.2) is 23.2 Å². The Hall–Kier alpha value is -0.240. The van der Waals surface area contributed by atoms with Gasteiger partial charge in [-0.25, -0.2) is 15.4 Å². The third-order valence-electron chi connectivity index (χ3n) is 0.778. The Bertz CT molecular complexity index is 78.6. The molecule has 2 N–H and O–H groups in total. The molecule has 1 unspecified atom stereocenters. The van der Waals surface area contributed by atoms with Gasteiger partial charge in [0.25, 0.3) is 0 Å². The van der Waals surface area contributed by atoms with E-state index in [-0.39, 0.29) is 17.0 Å². The molecular formula is C2H5N3O3-2. The molecule has 0 radical (unpaired) electrons. The molecule has 1 aliphatic heterocycles. The van der Waals surface area contributed by atoms with Gasteiger partial charge in [0, 0.05) is 6.54 Å². The molecule has 1 heterocycles. The standard InChI is InChI=1S/C2H5N3O3/c3-2-1-4(6)8-5(2)7/h2H,1,3H2/q-2. The molecule has 0 saturated carbocycles. The third-order valence-corrected chi connectivity index (χ3v) is 0.778. The molecule has 0 aromatic rings. The lowest BCUT2D eigenvalue weighted by Gasteiger charge is -2.24. The van der Waals surface area contributed by atoms with E-state index in [0.29, 0.717) is 0 Å². The van der Waals surface area contributed by atoms with Crippen molar-refractivity contribution < 1.29 is 4.94 Å². The number of hydrogen-bond donors (Lipinski definition) is 1. The monoisotopic (exact) mass is 119 g/mol. The molecule has 1 atom stereocenters. The van der Waals surface area contributed by atoms with Gasteiger partial charge in [-0.15, -0.1) is 0 Å². The molecule has 0 aromatic carbocycles. The van der Waals surface area contributed by atoms with Crippen LogP contribution in [0.2, 0.25) is 0 Å². The van der Waals surface area contributed by atoms with E-state index in [1.54, 1.807) is 0 Å². The van der Waals surface area contributed by atoms with Crippen molar-refractivity contribution in [1.29, 1.82) is 0 Å². The summed E-state index contributed by atoms with van der Waals surface area (Å²) < 4.78 is 0. The zero-order valence-corrected chi connectivity index (χ0v) is 3.98. The first-order valence-electron chi connectivity index (χ1n) is 2.05. The largest absolute Gasteiger partial charge is 0.761 e. The average molecular weight is 119 g/mol. The summed E-state index contributed by atoms with van der Waals surface area (Å²) in [4.78, 5) is 3.90. The highest BCUT2D eigenvalue weighted by molar-refractivity contribution is 4.65. The zero-order chi connectivity index (χ0) is 6.15. The van der Waals surface area contributed by atoms with Crippen molar-refractivity contribution in [2.45, 2.75) is 6.17 Å². The van der Waals surface area contributed by atoms with Gasteiger partial charge in [0.05, 0.1) is 6.17 Å². The Kier molecular flexibility index (Phi) is 1.43. The summed E-state index contributed by atoms with van der Waals surface area (Å²) >= 11 is 0. The first-order chi connectivity index (χ1) is 3.70. The molecule has 0 spiro atoms. The predicted octanol–water partition coefficient (Wildman–Crippen LogP) is -1.27. The van der Waals surface area contributed by atoms with Crippen molar-refractivity contribution in [2.75, 3.05) is 6.54 Å². The molecule has 6 heteroatoms. The molecule has 8 heavy (non-hydrogen) atoms. The fourth-order valence-electron chi connectivity index (χ4n) is 0.403. The van der Waals surface area contributed by atoms with E-state index >= 15 is 0 Å². The van der Waals surface area contributed by atoms with Gasteiger partial charge in [-0.3, -0.25) is 0 Å². The fourth-order valence-corrected chi connectivity index (χ4v) is 0.403. The van der Waals surface area contributed by atoms with Crippen molar-refractivity contribution in [3.8, 4) is 0 Å². The maximum absolute atomic E-state index is 10.1. The second-order valence-corrected chi connectivity index (χ2v) is 1.45. The van der Waals surface area contributed by atoms with Crippen LogP contribution in [0.5, 0.6) is 0 Å². The summed E-state index contributed by atoms with van der Waals surface area (Å²) in [5.41, 5.74) is 5.02. The molecule has 1 rings (SSSR count). The third kappa shape index (κ3) is 0.944. The number of nitrogens with zero attached hydrogens (tertiary/aromatic N) is 2. The molecule has 0 aromatic heterocycles. The van der Waals surface area contributed by atoms with E-state index in [2.05, 4.69) is 4.94 Å². The van der Waals surface area contributed by atoms with E-state index in [1.165, 1.54) is 0 Å². The Morgan fingerprint density at radius 2 is 2.25 bits per heavy atom. The summed E-state index contributed by atoms with van der Waals surface area (Å²) in [6.07, 6.45) is -0.840. The van der Waals surface area contributed by atoms with Crippen molar-refractivity contribution in [3.63, 3.8) is 0 Å². The molecule has 0 amide bonds. The fraction of sp³-hybridized carbons (Fsp3) is 1.00. The van der Waals surface area contributed by atoms with Gasteiger partial charge in [0.15, 0.2) is 0 Å². The lowest BCUT2D eigenvalue weighted by molar-refractivity contribution is -0.228. The Balaban J connectivity index is 2.39. The highest BCUT2D eigenvalue weighted by Crippen LogP contribution is 2.05. The molecule has 1 saturated heterocycles. The van der Waals surface area contributed by atoms with Crippen molar-refractivity contribution in [3.05, 3.63) is 10.4 Å². The minimum absolute atomic E-state index is 0.0625. The molecule has 48 valence electrons. The van der Waals surface area contributed by atoms with Crippen LogP contribution in [0.25, 0.3) is 0 Å². The molecular weight excluding hydrogens is 114 g/mol. The predicted molar refractivity (Wildman–Crippen MR) is 24.3 cm³/mol. The van der Waals surface area contributed by atoms with Gasteiger partial charge in [-0.1, -0.05) is 0 Å². The summed E-state index contributed by atoms with van der Waals surface area (Å²) in [5, 5.41) is 20.3. The maximum atomic E-state index is 10.1. The van der Waals surface area contributed by atoms with Gasteiger partial charge in [0.1, 0.15) is 0 Å². The van der Waals surface area contributed by atoms with Crippen LogP contribution in [0.4, 0.5) is 0 Å². The van der Waals surface area contributed by atoms with Gasteiger partial charge in [0.2, 0.25) is 0 Å². The van der Waals surface area contributed by atoms with Crippen molar-refractivity contribution in [1.82, 2.24) is 10.5 Å². The van der Waals surface area contributed by atoms with E-state index in [1.807, 2.05) is 0 Å². The highest BCUT2D eigenvalue weighted by atomic mass is 17.1. The Morgan fingerprint density at radius 3 is 2.38 bits per heavy atom. The number of hydrogen-bond acceptors (Lipinski definition) is 6.